The molecular formula is C12H28F6NO3P. The van der Waals surface area contributed by atoms with E-state index in [2.05, 4.69) is 34.3 Å². The Kier molecular flexibility index (Phi) is 13.9. The van der Waals surface area contributed by atoms with Gasteiger partial charge in [-0.25, -0.2) is 4.79 Å². The van der Waals surface area contributed by atoms with Gasteiger partial charge >= 0.3 is 39.1 Å². The molecule has 0 bridgehead atoms. The minimum absolute atomic E-state index is 1.28. The first-order valence-electron chi connectivity index (χ1n) is 6.74. The fourth-order valence-electron chi connectivity index (χ4n) is 1.34. The zero-order chi connectivity index (χ0) is 20.0. The Labute approximate surface area is 133 Å². The maximum absolute atomic E-state index is 10.7. The molecule has 23 heavy (non-hydrogen) atoms. The van der Waals surface area contributed by atoms with Crippen LogP contribution in [0.15, 0.2) is 12.7 Å². The van der Waals surface area contributed by atoms with Gasteiger partial charge in [-0.3, -0.25) is 0 Å². The molecule has 0 aromatic heterocycles. The summed E-state index contributed by atoms with van der Waals surface area (Å²) in [5.74, 6) is 0. The molecule has 4 nitrogen and oxygen atoms in total. The Morgan fingerprint density at radius 3 is 1.00 bits per heavy atom. The molecule has 0 atom stereocenters. The van der Waals surface area contributed by atoms with E-state index in [1.807, 2.05) is 6.92 Å². The number of carboxylic acid groups (broad SMARTS) is 2. The van der Waals surface area contributed by atoms with Crippen molar-refractivity contribution in [2.45, 2.75) is 34.6 Å². The van der Waals surface area contributed by atoms with Crippen LogP contribution in [-0.2, 0) is 0 Å². The van der Waals surface area contributed by atoms with E-state index in [1.165, 1.54) is 30.7 Å². The quantitative estimate of drug-likeness (QED) is 0.248. The number of nitrogens with zero attached hydrogens (tertiary/aromatic N) is 1. The van der Waals surface area contributed by atoms with E-state index in [1.54, 1.807) is 6.08 Å². The van der Waals surface area contributed by atoms with Crippen molar-refractivity contribution in [1.82, 2.24) is 0 Å². The third-order valence-electron chi connectivity index (χ3n) is 2.68. The summed E-state index contributed by atoms with van der Waals surface area (Å²) in [6.45, 7) is 19.5. The third-order valence-corrected chi connectivity index (χ3v) is 2.68. The molecule has 0 unspecified atom stereocenters. The molecule has 0 radical (unpaired) electrons. The first kappa shape index (κ1) is 29.9. The van der Waals surface area contributed by atoms with Crippen molar-refractivity contribution in [3.05, 3.63) is 12.7 Å². The standard InChI is InChI=1S/C8H20N.C3H6.CH2O3.F6P/c1-5-9(6-2,7-3)8-4;1-3-2;2-1(3)4;1-7(2,3,4,5)6/h5-8H2,1-4H3;3H,1H2,2H3;(H2,2,3,4);/q+1;;;-1. The molecule has 0 aromatic carbocycles. The van der Waals surface area contributed by atoms with E-state index in [0.717, 1.165) is 0 Å². The summed E-state index contributed by atoms with van der Waals surface area (Å²) in [7, 11) is -10.7. The van der Waals surface area contributed by atoms with Crippen molar-refractivity contribution in [3.63, 3.8) is 0 Å². The monoisotopic (exact) mass is 379 g/mol. The Morgan fingerprint density at radius 1 is 0.913 bits per heavy atom. The van der Waals surface area contributed by atoms with Crippen molar-refractivity contribution in [2.24, 2.45) is 0 Å². The Balaban J connectivity index is -0.000000114. The predicted molar refractivity (Wildman–Crippen MR) is 82.5 cm³/mol. The van der Waals surface area contributed by atoms with Crippen molar-refractivity contribution in [1.29, 1.82) is 0 Å². The van der Waals surface area contributed by atoms with Gasteiger partial charge in [0, 0.05) is 0 Å². The van der Waals surface area contributed by atoms with Gasteiger partial charge in [0.15, 0.2) is 0 Å². The fraction of sp³-hybridized carbons (Fsp3) is 0.750. The zero-order valence-corrected chi connectivity index (χ0v) is 15.0. The molecule has 0 aliphatic rings. The van der Waals surface area contributed by atoms with Crippen LogP contribution < -0.4 is 0 Å². The fourth-order valence-corrected chi connectivity index (χ4v) is 1.34. The van der Waals surface area contributed by atoms with Gasteiger partial charge in [0.05, 0.1) is 26.2 Å². The number of allylic oxidation sites excluding steroid dienone is 1. The van der Waals surface area contributed by atoms with Gasteiger partial charge in [-0.2, -0.15) is 0 Å². The molecule has 0 aromatic rings. The van der Waals surface area contributed by atoms with Crippen LogP contribution >= 0.6 is 7.81 Å². The van der Waals surface area contributed by atoms with Crippen LogP contribution in [-0.4, -0.2) is 47.0 Å². The van der Waals surface area contributed by atoms with E-state index in [9.17, 15) is 25.2 Å². The molecule has 0 aliphatic carbocycles. The molecular weight excluding hydrogens is 351 g/mol. The number of rotatable bonds is 4. The van der Waals surface area contributed by atoms with Crippen molar-refractivity contribution in [3.8, 4) is 0 Å². The van der Waals surface area contributed by atoms with Crippen LogP contribution in [0.5, 0.6) is 0 Å². The van der Waals surface area contributed by atoms with Crippen molar-refractivity contribution >= 4 is 14.0 Å². The largest absolute Gasteiger partial charge is 0.503 e. The smallest absolute Gasteiger partial charge is 0.450 e. The molecule has 0 saturated heterocycles. The average molecular weight is 379 g/mol. The van der Waals surface area contributed by atoms with Crippen LogP contribution in [0.25, 0.3) is 0 Å². The summed E-state index contributed by atoms with van der Waals surface area (Å²) in [4.78, 5) is 8.56. The molecule has 146 valence electrons. The summed E-state index contributed by atoms with van der Waals surface area (Å²) in [6.07, 6.45) is -0.0833. The van der Waals surface area contributed by atoms with Gasteiger partial charge in [0.25, 0.3) is 0 Å². The van der Waals surface area contributed by atoms with Gasteiger partial charge in [-0.15, -0.1) is 6.58 Å². The van der Waals surface area contributed by atoms with E-state index in [-0.39, 0.29) is 0 Å². The van der Waals surface area contributed by atoms with E-state index < -0.39 is 14.0 Å². The van der Waals surface area contributed by atoms with Crippen LogP contribution in [0.4, 0.5) is 30.0 Å². The first-order chi connectivity index (χ1) is 9.84. The maximum atomic E-state index is 9.87. The number of hydrogen-bond donors (Lipinski definition) is 2. The topological polar surface area (TPSA) is 57.5 Å². The van der Waals surface area contributed by atoms with E-state index >= 15 is 0 Å². The zero-order valence-electron chi connectivity index (χ0n) is 14.1. The molecule has 0 amide bonds. The predicted octanol–water partition coefficient (Wildman–Crippen LogP) is 6.68. The molecule has 0 spiro atoms. The number of hydrogen-bond acceptors (Lipinski definition) is 1. The van der Waals surface area contributed by atoms with Gasteiger partial charge in [0.1, 0.15) is 0 Å². The van der Waals surface area contributed by atoms with E-state index in [4.69, 9.17) is 15.0 Å². The number of quaternary nitrogens is 1. The normalized spacial score (nSPS) is 13.3. The van der Waals surface area contributed by atoms with Crippen LogP contribution in [0.3, 0.4) is 0 Å². The second-order valence-electron chi connectivity index (χ2n) is 4.26. The summed E-state index contributed by atoms with van der Waals surface area (Å²) < 4.78 is 60.5. The van der Waals surface area contributed by atoms with E-state index in [0.29, 0.717) is 0 Å². The molecule has 0 rings (SSSR count). The number of carbonyl (C=O) groups is 1. The van der Waals surface area contributed by atoms with Gasteiger partial charge < -0.3 is 14.7 Å². The summed E-state index contributed by atoms with van der Waals surface area (Å²) in [5.41, 5.74) is 0. The molecule has 0 heterocycles. The molecule has 0 fully saturated rings. The minimum atomic E-state index is -10.7. The summed E-state index contributed by atoms with van der Waals surface area (Å²) in [5, 5.41) is 13.9. The number of halogens is 6. The van der Waals surface area contributed by atoms with Gasteiger partial charge in [-0.1, -0.05) is 6.08 Å². The Morgan fingerprint density at radius 2 is 1.00 bits per heavy atom. The molecule has 2 N–H and O–H groups in total. The average Bonchev–Trinajstić information content (AvgIpc) is 2.29. The Bertz CT molecular complexity index is 295. The summed E-state index contributed by atoms with van der Waals surface area (Å²) >= 11 is 0. The Hall–Kier alpha value is -1.02. The van der Waals surface area contributed by atoms with Crippen molar-refractivity contribution < 1.29 is 44.7 Å². The van der Waals surface area contributed by atoms with Crippen LogP contribution in [0.1, 0.15) is 34.6 Å². The second-order valence-corrected chi connectivity index (χ2v) is 6.17. The van der Waals surface area contributed by atoms with Crippen molar-refractivity contribution in [2.75, 3.05) is 26.2 Å². The second kappa shape index (κ2) is 10.7. The molecule has 11 heteroatoms. The van der Waals surface area contributed by atoms with Gasteiger partial charge in [0.2, 0.25) is 0 Å². The SMILES string of the molecule is C=CC.CC[N+](CC)(CC)CC.F[P-](F)(F)(F)(F)F.O=C(O)O. The first-order valence-corrected chi connectivity index (χ1v) is 8.77. The van der Waals surface area contributed by atoms with Crippen LogP contribution in [0.2, 0.25) is 0 Å². The third kappa shape index (κ3) is 62.7. The minimum Gasteiger partial charge on any atom is -0.450 e. The van der Waals surface area contributed by atoms with Crippen LogP contribution in [0, 0.1) is 0 Å². The molecule has 0 saturated carbocycles. The maximum Gasteiger partial charge on any atom is 0.503 e. The summed E-state index contributed by atoms with van der Waals surface area (Å²) in [6, 6.07) is 0. The van der Waals surface area contributed by atoms with Gasteiger partial charge in [-0.05, 0) is 34.6 Å². The molecule has 0 aliphatic heterocycles.